The first kappa shape index (κ1) is 18.9. The Balaban J connectivity index is 2.24. The highest BCUT2D eigenvalue weighted by atomic mass is 32.2. The number of carboxylic acids is 1. The van der Waals surface area contributed by atoms with E-state index in [1.165, 1.54) is 0 Å². The molecule has 2 atom stereocenters. The molecule has 0 fully saturated rings. The molecule has 0 spiro atoms. The number of hydrogen-bond donors (Lipinski definition) is 2. The van der Waals surface area contributed by atoms with Gasteiger partial charge in [-0.3, -0.25) is 13.8 Å². The van der Waals surface area contributed by atoms with Gasteiger partial charge >= 0.3 is 5.97 Å². The minimum absolute atomic E-state index is 0.0712. The van der Waals surface area contributed by atoms with Gasteiger partial charge in [0.2, 0.25) is 0 Å². The maximum absolute atomic E-state index is 12.5. The van der Waals surface area contributed by atoms with Crippen LogP contribution in [0.2, 0.25) is 0 Å². The van der Waals surface area contributed by atoms with Gasteiger partial charge in [0, 0.05) is 12.3 Å². The van der Waals surface area contributed by atoms with Crippen LogP contribution in [0.1, 0.15) is 29.8 Å². The van der Waals surface area contributed by atoms with E-state index in [9.17, 15) is 18.9 Å². The number of rotatable bonds is 7. The molecule has 0 heterocycles. The number of benzene rings is 2. The molecule has 25 heavy (non-hydrogen) atoms. The third kappa shape index (κ3) is 4.14. The smallest absolute Gasteiger partial charge is 0.315 e. The molecule has 0 bridgehead atoms. The van der Waals surface area contributed by atoms with Crippen LogP contribution < -0.4 is 5.32 Å². The van der Waals surface area contributed by atoms with Crippen molar-refractivity contribution >= 4 is 22.7 Å². The molecule has 0 radical (unpaired) electrons. The monoisotopic (exact) mass is 359 g/mol. The molecule has 0 saturated heterocycles. The van der Waals surface area contributed by atoms with Crippen LogP contribution in [-0.4, -0.2) is 33.5 Å². The molecule has 2 aromatic carbocycles. The highest BCUT2D eigenvalue weighted by Gasteiger charge is 2.35. The number of hydrogen-bond acceptors (Lipinski definition) is 3. The van der Waals surface area contributed by atoms with Crippen LogP contribution in [0, 0.1) is 0 Å². The summed E-state index contributed by atoms with van der Waals surface area (Å²) in [5.74, 6) is -1.05. The number of nitrogens with one attached hydrogen (secondary N) is 1. The van der Waals surface area contributed by atoms with E-state index < -0.39 is 28.1 Å². The maximum Gasteiger partial charge on any atom is 0.315 e. The lowest BCUT2D eigenvalue weighted by atomic mass is 9.82. The fraction of sp³-hybridized carbons (Fsp3) is 0.263. The Morgan fingerprint density at radius 3 is 2.28 bits per heavy atom. The van der Waals surface area contributed by atoms with Crippen molar-refractivity contribution < 1.29 is 18.9 Å². The molecule has 2 rings (SSSR count). The van der Waals surface area contributed by atoms with E-state index in [-0.39, 0.29) is 6.54 Å². The molecule has 132 valence electrons. The fourth-order valence-electron chi connectivity index (χ4n) is 2.47. The van der Waals surface area contributed by atoms with Gasteiger partial charge in [-0.1, -0.05) is 49.4 Å². The maximum atomic E-state index is 12.5. The van der Waals surface area contributed by atoms with E-state index in [1.54, 1.807) is 68.4 Å². The van der Waals surface area contributed by atoms with Crippen LogP contribution in [0.5, 0.6) is 0 Å². The second-order valence-corrected chi connectivity index (χ2v) is 7.52. The predicted octanol–water partition coefficient (Wildman–Crippen LogP) is 2.59. The molecule has 0 saturated carbocycles. The number of amides is 1. The molecule has 0 aromatic heterocycles. The average molecular weight is 359 g/mol. The van der Waals surface area contributed by atoms with Crippen molar-refractivity contribution in [2.75, 3.05) is 12.3 Å². The molecular formula is C19H21NO4S. The van der Waals surface area contributed by atoms with Crippen LogP contribution in [0.15, 0.2) is 59.5 Å². The first-order valence-electron chi connectivity index (χ1n) is 7.94. The summed E-state index contributed by atoms with van der Waals surface area (Å²) in [6, 6.07) is 15.4. The number of carbonyl (C=O) groups is 2. The summed E-state index contributed by atoms with van der Waals surface area (Å²) in [6.45, 7) is 3.28. The largest absolute Gasteiger partial charge is 0.481 e. The first-order chi connectivity index (χ1) is 11.9. The van der Waals surface area contributed by atoms with Crippen molar-refractivity contribution in [2.45, 2.75) is 24.2 Å². The average Bonchev–Trinajstić information content (AvgIpc) is 2.65. The summed E-state index contributed by atoms with van der Waals surface area (Å²) in [7, 11) is -1.27. The summed E-state index contributed by atoms with van der Waals surface area (Å²) in [5.41, 5.74) is -0.341. The second-order valence-electron chi connectivity index (χ2n) is 5.82. The van der Waals surface area contributed by atoms with Gasteiger partial charge in [-0.05, 0) is 24.6 Å². The van der Waals surface area contributed by atoms with Crippen LogP contribution in [-0.2, 0) is 21.0 Å². The Morgan fingerprint density at radius 1 is 1.08 bits per heavy atom. The molecule has 0 aliphatic rings. The third-order valence-corrected chi connectivity index (χ3v) is 5.50. The minimum Gasteiger partial charge on any atom is -0.481 e. The first-order valence-corrected chi connectivity index (χ1v) is 9.26. The van der Waals surface area contributed by atoms with E-state index in [2.05, 4.69) is 5.32 Å². The summed E-state index contributed by atoms with van der Waals surface area (Å²) in [5, 5.41) is 12.3. The zero-order valence-corrected chi connectivity index (χ0v) is 15.0. The summed E-state index contributed by atoms with van der Waals surface area (Å²) >= 11 is 0. The lowest BCUT2D eigenvalue weighted by Gasteiger charge is -2.26. The SMILES string of the molecule is CCS(=O)c1ccccc1C(=O)NCC(C)(C(=O)O)c1ccccc1. The molecular weight excluding hydrogens is 338 g/mol. The molecule has 2 aromatic rings. The van der Waals surface area contributed by atoms with Gasteiger partial charge in [0.1, 0.15) is 5.41 Å². The van der Waals surface area contributed by atoms with Crippen molar-refractivity contribution in [3.63, 3.8) is 0 Å². The molecule has 2 unspecified atom stereocenters. The highest BCUT2D eigenvalue weighted by Crippen LogP contribution is 2.23. The Morgan fingerprint density at radius 2 is 1.68 bits per heavy atom. The van der Waals surface area contributed by atoms with Crippen molar-refractivity contribution in [1.29, 1.82) is 0 Å². The highest BCUT2D eigenvalue weighted by molar-refractivity contribution is 7.85. The van der Waals surface area contributed by atoms with Crippen LogP contribution in [0.4, 0.5) is 0 Å². The molecule has 1 amide bonds. The van der Waals surface area contributed by atoms with E-state index in [0.717, 1.165) is 0 Å². The fourth-order valence-corrected chi connectivity index (χ4v) is 3.42. The quantitative estimate of drug-likeness (QED) is 0.796. The van der Waals surface area contributed by atoms with Crippen molar-refractivity contribution in [2.24, 2.45) is 0 Å². The number of carbonyl (C=O) groups excluding carboxylic acids is 1. The van der Waals surface area contributed by atoms with Gasteiger partial charge in [-0.25, -0.2) is 0 Å². The van der Waals surface area contributed by atoms with Gasteiger partial charge in [0.05, 0.1) is 21.3 Å². The van der Waals surface area contributed by atoms with Crippen LogP contribution in [0.3, 0.4) is 0 Å². The number of carboxylic acid groups (broad SMARTS) is 1. The lowest BCUT2D eigenvalue weighted by molar-refractivity contribution is -0.142. The van der Waals surface area contributed by atoms with Crippen molar-refractivity contribution in [1.82, 2.24) is 5.32 Å². The van der Waals surface area contributed by atoms with Gasteiger partial charge in [-0.15, -0.1) is 0 Å². The molecule has 5 nitrogen and oxygen atoms in total. The zero-order chi connectivity index (χ0) is 18.4. The van der Waals surface area contributed by atoms with Crippen molar-refractivity contribution in [3.8, 4) is 0 Å². The standard InChI is InChI=1S/C19H21NO4S/c1-3-25(24)16-12-8-7-11-15(16)17(21)20-13-19(2,18(22)23)14-9-5-4-6-10-14/h4-12H,3,13H2,1-2H3,(H,20,21)(H,22,23). The molecule has 0 aliphatic heterocycles. The molecule has 0 aliphatic carbocycles. The van der Waals surface area contributed by atoms with Gasteiger partial charge in [0.15, 0.2) is 0 Å². The Hall–Kier alpha value is -2.47. The minimum atomic E-state index is -1.27. The van der Waals surface area contributed by atoms with E-state index >= 15 is 0 Å². The number of aliphatic carboxylic acids is 1. The third-order valence-electron chi connectivity index (χ3n) is 4.12. The summed E-state index contributed by atoms with van der Waals surface area (Å²) < 4.78 is 12.1. The Kier molecular flexibility index (Phi) is 6.09. The van der Waals surface area contributed by atoms with Gasteiger partial charge < -0.3 is 10.4 Å². The second kappa shape index (κ2) is 8.07. The van der Waals surface area contributed by atoms with Crippen molar-refractivity contribution in [3.05, 3.63) is 65.7 Å². The molecule has 2 N–H and O–H groups in total. The Labute approximate surface area is 149 Å². The normalized spacial score (nSPS) is 14.3. The lowest BCUT2D eigenvalue weighted by Crippen LogP contribution is -2.44. The van der Waals surface area contributed by atoms with Gasteiger partial charge in [0.25, 0.3) is 5.91 Å². The van der Waals surface area contributed by atoms with Crippen LogP contribution >= 0.6 is 0 Å². The summed E-state index contributed by atoms with van der Waals surface area (Å²) in [4.78, 5) is 24.8. The topological polar surface area (TPSA) is 83.5 Å². The zero-order valence-electron chi connectivity index (χ0n) is 14.2. The Bertz CT molecular complexity index is 791. The van der Waals surface area contributed by atoms with E-state index in [0.29, 0.717) is 21.8 Å². The molecule has 6 heteroatoms. The predicted molar refractivity (Wildman–Crippen MR) is 97.2 cm³/mol. The van der Waals surface area contributed by atoms with Gasteiger partial charge in [-0.2, -0.15) is 0 Å². The van der Waals surface area contributed by atoms with E-state index in [1.807, 2.05) is 0 Å². The van der Waals surface area contributed by atoms with Crippen LogP contribution in [0.25, 0.3) is 0 Å². The summed E-state index contributed by atoms with van der Waals surface area (Å²) in [6.07, 6.45) is 0. The van der Waals surface area contributed by atoms with E-state index in [4.69, 9.17) is 0 Å².